The van der Waals surface area contributed by atoms with E-state index in [-0.39, 0.29) is 29.6 Å². The van der Waals surface area contributed by atoms with Crippen molar-refractivity contribution >= 4 is 67.2 Å². The zero-order valence-corrected chi connectivity index (χ0v) is 48.7. The molecular weight excluding hydrogens is 1060 g/mol. The number of aliphatic imine (C=N–C) groups is 3. The van der Waals surface area contributed by atoms with Crippen LogP contribution < -0.4 is 16.0 Å². The standard InChI is InChI=1S/C79H64N8/c1-79(2)62-41-20-17-38-58(62)67-70(79)68-59-39-18-21-42-64(59)87(72(68)69-60-40-19-22-43-65(60)86(71(67)69)63-44-24-34-50-27-15-16-37-57(50)63)66-46-45-56(77-81-73(51-28-9-4-10-29-51)80-74(82-77)52-30-11-5-12-31-52)48-61(66)78-84-75(53-32-13-6-14-33-53)83-76(85-78)55-36-23-35-54(47-55)49-25-7-3-8-26-49/h3-11,13-14,16-26,28-30,32-48,58,62,74-76,83H,12,15,27,31H2,1-2H3,(H,84,85)(H,80,81,82). The Bertz CT molecular complexity index is 4890. The summed E-state index contributed by atoms with van der Waals surface area (Å²) >= 11 is 0. The monoisotopic (exact) mass is 1120 g/mol. The van der Waals surface area contributed by atoms with Crippen molar-refractivity contribution in [1.82, 2.24) is 25.1 Å². The molecule has 0 bridgehead atoms. The molecule has 0 saturated carbocycles. The largest absolute Gasteiger partial charge is 0.350 e. The first-order chi connectivity index (χ1) is 42.9. The van der Waals surface area contributed by atoms with Crippen LogP contribution in [0.25, 0.3) is 72.2 Å². The van der Waals surface area contributed by atoms with Gasteiger partial charge in [0.15, 0.2) is 5.84 Å². The maximum Gasteiger partial charge on any atom is 0.159 e. The molecule has 0 radical (unpaired) electrons. The summed E-state index contributed by atoms with van der Waals surface area (Å²) in [5, 5.41) is 16.8. The molecule has 5 unspecified atom stereocenters. The van der Waals surface area contributed by atoms with Crippen molar-refractivity contribution < 1.29 is 0 Å². The van der Waals surface area contributed by atoms with E-state index in [1.54, 1.807) is 0 Å². The molecule has 0 amide bonds. The summed E-state index contributed by atoms with van der Waals surface area (Å²) in [7, 11) is 0. The van der Waals surface area contributed by atoms with Crippen molar-refractivity contribution in [2.24, 2.45) is 20.9 Å². The number of aryl methyl sites for hydroxylation is 1. The lowest BCUT2D eigenvalue weighted by Crippen LogP contribution is -2.45. The number of fused-ring (bicyclic) bond motifs is 13. The van der Waals surface area contributed by atoms with Crippen LogP contribution in [0.15, 0.2) is 269 Å². The Labute approximate surface area is 506 Å². The molecule has 2 aromatic heterocycles. The lowest BCUT2D eigenvalue weighted by atomic mass is 9.74. The van der Waals surface area contributed by atoms with Crippen molar-refractivity contribution in [3.8, 4) is 22.5 Å². The Balaban J connectivity index is 0.986. The molecule has 8 heteroatoms. The predicted molar refractivity (Wildman–Crippen MR) is 360 cm³/mol. The fourth-order valence-corrected chi connectivity index (χ4v) is 15.2. The number of para-hydroxylation sites is 2. The fourth-order valence-electron chi connectivity index (χ4n) is 15.2. The molecule has 4 aliphatic carbocycles. The van der Waals surface area contributed by atoms with E-state index in [9.17, 15) is 0 Å². The normalized spacial score (nSPS) is 20.8. The van der Waals surface area contributed by atoms with Crippen LogP contribution in [0.4, 0.5) is 0 Å². The molecule has 0 saturated heterocycles. The maximum atomic E-state index is 5.82. The van der Waals surface area contributed by atoms with Crippen LogP contribution in [0.1, 0.15) is 101 Å². The zero-order chi connectivity index (χ0) is 57.7. The number of hydrogen-bond donors (Lipinski definition) is 3. The number of aromatic nitrogens is 2. The summed E-state index contributed by atoms with van der Waals surface area (Å²) in [5.41, 5.74) is 20.9. The highest BCUT2D eigenvalue weighted by Crippen LogP contribution is 2.60. The van der Waals surface area contributed by atoms with E-state index in [2.05, 4.69) is 294 Å². The van der Waals surface area contributed by atoms with Crippen LogP contribution >= 0.6 is 0 Å². The van der Waals surface area contributed by atoms with E-state index < -0.39 is 6.17 Å². The minimum atomic E-state index is -0.402. The molecule has 0 fully saturated rings. The molecule has 2 aliphatic heterocycles. The van der Waals surface area contributed by atoms with Crippen molar-refractivity contribution in [1.29, 1.82) is 0 Å². The third kappa shape index (κ3) is 8.33. The summed E-state index contributed by atoms with van der Waals surface area (Å²) in [6.07, 6.45) is 23.8. The van der Waals surface area contributed by atoms with Gasteiger partial charge in [-0.1, -0.05) is 226 Å². The first kappa shape index (κ1) is 51.3. The van der Waals surface area contributed by atoms with E-state index in [0.717, 1.165) is 81.9 Å². The van der Waals surface area contributed by atoms with Gasteiger partial charge in [0.2, 0.25) is 0 Å². The molecule has 5 atom stereocenters. The number of amidine groups is 3. The van der Waals surface area contributed by atoms with Gasteiger partial charge >= 0.3 is 0 Å². The average molecular weight is 1130 g/mol. The van der Waals surface area contributed by atoms with E-state index in [1.165, 1.54) is 77.2 Å². The minimum Gasteiger partial charge on any atom is -0.350 e. The van der Waals surface area contributed by atoms with Crippen molar-refractivity contribution in [2.45, 2.75) is 69.4 Å². The Morgan fingerprint density at radius 1 is 0.517 bits per heavy atom. The number of benzene rings is 9. The zero-order valence-electron chi connectivity index (χ0n) is 48.7. The van der Waals surface area contributed by atoms with Gasteiger partial charge in [-0.2, -0.15) is 0 Å². The number of nitrogens with one attached hydrogen (secondary N) is 3. The van der Waals surface area contributed by atoms with Crippen molar-refractivity contribution in [2.75, 3.05) is 0 Å². The molecule has 8 nitrogen and oxygen atoms in total. The Hall–Kier alpha value is -10.2. The molecule has 11 aromatic rings. The van der Waals surface area contributed by atoms with E-state index in [1.807, 2.05) is 0 Å². The Morgan fingerprint density at radius 3 is 2.00 bits per heavy atom. The fraction of sp³-hybridized carbons (Fsp3) is 0.152. The quantitative estimate of drug-likeness (QED) is 0.135. The van der Waals surface area contributed by atoms with Crippen LogP contribution in [0.2, 0.25) is 0 Å². The number of nitrogens with zero attached hydrogens (tertiary/aromatic N) is 5. The number of allylic oxidation sites excluding steroid dienone is 8. The average Bonchev–Trinajstić information content (AvgIpc) is 1.51. The molecule has 3 N–H and O–H groups in total. The summed E-state index contributed by atoms with van der Waals surface area (Å²) in [4.78, 5) is 16.8. The predicted octanol–water partition coefficient (Wildman–Crippen LogP) is 17.4. The molecule has 87 heavy (non-hydrogen) atoms. The second-order valence-electron chi connectivity index (χ2n) is 24.6. The third-order valence-corrected chi connectivity index (χ3v) is 19.2. The van der Waals surface area contributed by atoms with Crippen molar-refractivity contribution in [3.05, 3.63) is 304 Å². The molecule has 9 aromatic carbocycles. The van der Waals surface area contributed by atoms with Gasteiger partial charge in [0.1, 0.15) is 30.2 Å². The van der Waals surface area contributed by atoms with E-state index in [0.29, 0.717) is 5.84 Å². The van der Waals surface area contributed by atoms with Gasteiger partial charge in [-0.25, -0.2) is 15.0 Å². The minimum absolute atomic E-state index is 0.166. The molecular formula is C79H64N8. The summed E-state index contributed by atoms with van der Waals surface area (Å²) < 4.78 is 5.25. The topological polar surface area (TPSA) is 83.0 Å². The van der Waals surface area contributed by atoms with Gasteiger partial charge in [0.05, 0.1) is 33.4 Å². The third-order valence-electron chi connectivity index (χ3n) is 19.2. The SMILES string of the molecule is CC1(C)c2c(c3c(c4ccccc4n3-c3cccc4c3C=CCC4)c3c2c2ccccc2n3-c2ccc(C3=NC(C4=CC=CCC4)NC(c4ccccc4)=N3)cc2C2=NC(c3ccccc3)NC(c3cccc(-c4ccccc4)c3)N2)C2C=CC=CC21. The van der Waals surface area contributed by atoms with Gasteiger partial charge in [0, 0.05) is 49.7 Å². The first-order valence-corrected chi connectivity index (χ1v) is 30.9. The summed E-state index contributed by atoms with van der Waals surface area (Å²) in [6, 6.07) is 72.9. The Morgan fingerprint density at radius 2 is 1.21 bits per heavy atom. The van der Waals surface area contributed by atoms with Crippen LogP contribution in [-0.2, 0) is 11.8 Å². The molecule has 0 spiro atoms. The first-order valence-electron chi connectivity index (χ1n) is 30.9. The van der Waals surface area contributed by atoms with Gasteiger partial charge in [0.25, 0.3) is 0 Å². The lowest BCUT2D eigenvalue weighted by Gasteiger charge is -2.33. The smallest absolute Gasteiger partial charge is 0.159 e. The highest BCUT2D eigenvalue weighted by atomic mass is 15.3. The van der Waals surface area contributed by atoms with E-state index in [4.69, 9.17) is 15.0 Å². The van der Waals surface area contributed by atoms with Gasteiger partial charge in [-0.3, -0.25) is 5.32 Å². The van der Waals surface area contributed by atoms with Crippen LogP contribution in [0.3, 0.4) is 0 Å². The van der Waals surface area contributed by atoms with Crippen LogP contribution in [0, 0.1) is 5.92 Å². The number of hydrogen-bond acceptors (Lipinski definition) is 6. The number of rotatable bonds is 9. The molecule has 6 aliphatic rings. The van der Waals surface area contributed by atoms with Crippen LogP contribution in [-0.4, -0.2) is 32.8 Å². The maximum absolute atomic E-state index is 5.82. The molecule has 17 rings (SSSR count). The molecule has 4 heterocycles. The Kier molecular flexibility index (Phi) is 12.1. The van der Waals surface area contributed by atoms with Crippen molar-refractivity contribution in [3.63, 3.8) is 0 Å². The highest BCUT2D eigenvalue weighted by Gasteiger charge is 2.49. The van der Waals surface area contributed by atoms with Gasteiger partial charge in [-0.15, -0.1) is 0 Å². The van der Waals surface area contributed by atoms with Gasteiger partial charge < -0.3 is 19.8 Å². The van der Waals surface area contributed by atoms with E-state index >= 15 is 0 Å². The summed E-state index contributed by atoms with van der Waals surface area (Å²) in [5.74, 6) is 2.64. The highest BCUT2D eigenvalue weighted by molar-refractivity contribution is 6.29. The molecule has 420 valence electrons. The van der Waals surface area contributed by atoms with Gasteiger partial charge in [-0.05, 0) is 124 Å². The summed E-state index contributed by atoms with van der Waals surface area (Å²) in [6.45, 7) is 5.00. The van der Waals surface area contributed by atoms with Crippen LogP contribution in [0.5, 0.6) is 0 Å². The second-order valence-corrected chi connectivity index (χ2v) is 24.6. The second kappa shape index (κ2) is 20.5. The lowest BCUT2D eigenvalue weighted by molar-refractivity contribution is 0.396.